The first-order chi connectivity index (χ1) is 17.4. The molecule has 4 nitrogen and oxygen atoms in total. The first-order valence-corrected chi connectivity index (χ1v) is 13.0. The molecule has 4 rings (SSSR count). The number of benzene rings is 2. The second-order valence-electron chi connectivity index (χ2n) is 10.0. The van der Waals surface area contributed by atoms with E-state index in [0.29, 0.717) is 18.0 Å². The standard InChI is InChI=1S/C32H38N2O2/c1-6-25(20-34-15-9-8-10-16-34)28-17-26(14-13-22(28)3)27-18-31(30(7-2)33-19-27)36-21-29-23(4)11-12-24(5)32(29)35/h2,6,11-14,17-18,27,35H,8-10,15-16,19-21H2,1,3-5H3/b25-6-. The molecule has 2 aliphatic rings. The number of rotatable bonds is 7. The normalized spacial score (nSPS) is 18.9. The van der Waals surface area contributed by atoms with Gasteiger partial charge in [0.25, 0.3) is 0 Å². The molecule has 1 atom stereocenters. The lowest BCUT2D eigenvalue weighted by molar-refractivity contribution is 0.211. The third-order valence-corrected chi connectivity index (χ3v) is 7.49. The van der Waals surface area contributed by atoms with Gasteiger partial charge in [0.15, 0.2) is 0 Å². The molecule has 36 heavy (non-hydrogen) atoms. The van der Waals surface area contributed by atoms with Crippen LogP contribution >= 0.6 is 0 Å². The van der Waals surface area contributed by atoms with Gasteiger partial charge in [0.1, 0.15) is 23.8 Å². The van der Waals surface area contributed by atoms with E-state index in [2.05, 4.69) is 60.0 Å². The second kappa shape index (κ2) is 11.6. The molecule has 0 amide bonds. The van der Waals surface area contributed by atoms with E-state index in [0.717, 1.165) is 23.2 Å². The largest absolute Gasteiger partial charge is 0.507 e. The molecule has 0 aliphatic carbocycles. The SMILES string of the molecule is C#CC1=NCC(c2ccc(C)c(/C(=C\C)CN3CCCCC3)c2)C=C1OCc1c(C)ccc(C)c1O. The molecule has 188 valence electrons. The number of terminal acetylenes is 1. The predicted octanol–water partition coefficient (Wildman–Crippen LogP) is 6.48. The second-order valence-corrected chi connectivity index (χ2v) is 10.0. The number of aliphatic imine (C=N–C) groups is 1. The van der Waals surface area contributed by atoms with Crippen LogP contribution in [0.25, 0.3) is 5.57 Å². The van der Waals surface area contributed by atoms with E-state index in [1.165, 1.54) is 54.6 Å². The van der Waals surface area contributed by atoms with E-state index in [1.807, 2.05) is 26.0 Å². The van der Waals surface area contributed by atoms with Crippen LogP contribution in [0.5, 0.6) is 5.75 Å². The van der Waals surface area contributed by atoms with Gasteiger partial charge in [-0.2, -0.15) is 0 Å². The molecule has 0 saturated carbocycles. The van der Waals surface area contributed by atoms with Crippen molar-refractivity contribution in [1.29, 1.82) is 0 Å². The Balaban J connectivity index is 1.57. The van der Waals surface area contributed by atoms with Crippen molar-refractivity contribution in [2.24, 2.45) is 4.99 Å². The number of nitrogens with zero attached hydrogens (tertiary/aromatic N) is 2. The van der Waals surface area contributed by atoms with Crippen molar-refractivity contribution in [3.05, 3.63) is 81.6 Å². The summed E-state index contributed by atoms with van der Waals surface area (Å²) in [5.41, 5.74) is 8.32. The van der Waals surface area contributed by atoms with Crippen molar-refractivity contribution in [3.8, 4) is 18.1 Å². The van der Waals surface area contributed by atoms with Gasteiger partial charge in [-0.1, -0.05) is 42.8 Å². The van der Waals surface area contributed by atoms with Crippen molar-refractivity contribution in [2.45, 2.75) is 59.5 Å². The Morgan fingerprint density at radius 2 is 1.83 bits per heavy atom. The molecule has 1 unspecified atom stereocenters. The van der Waals surface area contributed by atoms with E-state index in [1.54, 1.807) is 0 Å². The molecule has 2 aromatic carbocycles. The summed E-state index contributed by atoms with van der Waals surface area (Å²) in [5.74, 6) is 3.64. The number of piperidine rings is 1. The first kappa shape index (κ1) is 25.8. The summed E-state index contributed by atoms with van der Waals surface area (Å²) in [4.78, 5) is 7.25. The maximum absolute atomic E-state index is 10.5. The average molecular weight is 483 g/mol. The molecule has 1 fully saturated rings. The summed E-state index contributed by atoms with van der Waals surface area (Å²) in [6.45, 7) is 12.4. The number of hydrogen-bond donors (Lipinski definition) is 1. The van der Waals surface area contributed by atoms with E-state index in [4.69, 9.17) is 11.2 Å². The summed E-state index contributed by atoms with van der Waals surface area (Å²) in [6.07, 6.45) is 14.0. The molecule has 1 N–H and O–H groups in total. The number of ether oxygens (including phenoxy) is 1. The Bertz CT molecular complexity index is 1240. The summed E-state index contributed by atoms with van der Waals surface area (Å²) in [6, 6.07) is 10.6. The summed E-state index contributed by atoms with van der Waals surface area (Å²) >= 11 is 0. The zero-order chi connectivity index (χ0) is 25.7. The number of likely N-dealkylation sites (tertiary alicyclic amines) is 1. The third-order valence-electron chi connectivity index (χ3n) is 7.49. The first-order valence-electron chi connectivity index (χ1n) is 13.0. The van der Waals surface area contributed by atoms with Crippen LogP contribution in [0.3, 0.4) is 0 Å². The monoisotopic (exact) mass is 482 g/mol. The van der Waals surface area contributed by atoms with Gasteiger partial charge < -0.3 is 9.84 Å². The highest BCUT2D eigenvalue weighted by atomic mass is 16.5. The minimum Gasteiger partial charge on any atom is -0.507 e. The van der Waals surface area contributed by atoms with Gasteiger partial charge in [-0.25, -0.2) is 0 Å². The van der Waals surface area contributed by atoms with Crippen molar-refractivity contribution in [2.75, 3.05) is 26.2 Å². The lowest BCUT2D eigenvalue weighted by Gasteiger charge is -2.28. The van der Waals surface area contributed by atoms with Crippen LogP contribution in [0.15, 0.2) is 53.2 Å². The van der Waals surface area contributed by atoms with Gasteiger partial charge in [0.2, 0.25) is 0 Å². The van der Waals surface area contributed by atoms with Crippen molar-refractivity contribution in [1.82, 2.24) is 4.90 Å². The molecule has 1 saturated heterocycles. The summed E-state index contributed by atoms with van der Waals surface area (Å²) in [5, 5.41) is 10.5. The molecule has 0 aromatic heterocycles. The molecular formula is C32H38N2O2. The molecule has 2 aliphatic heterocycles. The Morgan fingerprint density at radius 3 is 2.56 bits per heavy atom. The molecule has 2 aromatic rings. The van der Waals surface area contributed by atoms with Crippen molar-refractivity contribution >= 4 is 11.3 Å². The Morgan fingerprint density at radius 1 is 1.11 bits per heavy atom. The summed E-state index contributed by atoms with van der Waals surface area (Å²) in [7, 11) is 0. The zero-order valence-corrected chi connectivity index (χ0v) is 22.1. The number of phenolic OH excluding ortho intramolecular Hbond substituents is 1. The Labute approximate surface area is 216 Å². The zero-order valence-electron chi connectivity index (χ0n) is 22.1. The highest BCUT2D eigenvalue weighted by molar-refractivity contribution is 6.11. The number of allylic oxidation sites excluding steroid dienone is 2. The van der Waals surface area contributed by atoms with Crippen LogP contribution in [0.2, 0.25) is 0 Å². The maximum Gasteiger partial charge on any atom is 0.150 e. The van der Waals surface area contributed by atoms with Crippen LogP contribution < -0.4 is 0 Å². The smallest absolute Gasteiger partial charge is 0.150 e. The molecular weight excluding hydrogens is 444 g/mol. The van der Waals surface area contributed by atoms with Crippen molar-refractivity contribution < 1.29 is 9.84 Å². The van der Waals surface area contributed by atoms with E-state index in [9.17, 15) is 5.11 Å². The topological polar surface area (TPSA) is 45.1 Å². The fraction of sp³-hybridized carbons (Fsp3) is 0.406. The highest BCUT2D eigenvalue weighted by Gasteiger charge is 2.22. The van der Waals surface area contributed by atoms with Gasteiger partial charge in [-0.3, -0.25) is 9.89 Å². The van der Waals surface area contributed by atoms with Crippen LogP contribution in [0.4, 0.5) is 0 Å². The lowest BCUT2D eigenvalue weighted by atomic mass is 9.90. The van der Waals surface area contributed by atoms with Crippen molar-refractivity contribution in [3.63, 3.8) is 0 Å². The molecule has 0 bridgehead atoms. The minimum absolute atomic E-state index is 0.0803. The fourth-order valence-electron chi connectivity index (χ4n) is 5.11. The van der Waals surface area contributed by atoms with Gasteiger partial charge in [-0.05, 0) is 99.0 Å². The molecule has 2 heterocycles. The average Bonchev–Trinajstić information content (AvgIpc) is 2.90. The predicted molar refractivity (Wildman–Crippen MR) is 149 cm³/mol. The molecule has 0 spiro atoms. The lowest BCUT2D eigenvalue weighted by Crippen LogP contribution is -2.31. The van der Waals surface area contributed by atoms with Gasteiger partial charge in [-0.15, -0.1) is 6.42 Å². The molecule has 4 heteroatoms. The van der Waals surface area contributed by atoms with E-state index in [-0.39, 0.29) is 18.3 Å². The van der Waals surface area contributed by atoms with E-state index >= 15 is 0 Å². The van der Waals surface area contributed by atoms with Crippen LogP contribution in [-0.2, 0) is 11.3 Å². The van der Waals surface area contributed by atoms with Crippen LogP contribution in [0, 0.1) is 33.1 Å². The third kappa shape index (κ3) is 5.74. The number of dihydropyridines is 1. The maximum atomic E-state index is 10.5. The number of aryl methyl sites for hydroxylation is 3. The quantitative estimate of drug-likeness (QED) is 0.460. The summed E-state index contributed by atoms with van der Waals surface area (Å²) < 4.78 is 6.17. The van der Waals surface area contributed by atoms with Crippen LogP contribution in [0.1, 0.15) is 65.5 Å². The highest BCUT2D eigenvalue weighted by Crippen LogP contribution is 2.31. The van der Waals surface area contributed by atoms with Crippen LogP contribution in [-0.4, -0.2) is 41.9 Å². The Hall–Kier alpha value is -3.29. The number of hydrogen-bond acceptors (Lipinski definition) is 4. The van der Waals surface area contributed by atoms with E-state index < -0.39 is 0 Å². The van der Waals surface area contributed by atoms with Gasteiger partial charge in [0.05, 0.1) is 6.54 Å². The van der Waals surface area contributed by atoms with Gasteiger partial charge >= 0.3 is 0 Å². The fourth-order valence-corrected chi connectivity index (χ4v) is 5.11. The molecule has 0 radical (unpaired) electrons. The van der Waals surface area contributed by atoms with Gasteiger partial charge in [0, 0.05) is 18.0 Å². The minimum atomic E-state index is 0.0803. The number of aromatic hydroxyl groups is 1. The Kier molecular flexibility index (Phi) is 8.33. The number of phenols is 1.